The molecule has 0 radical (unpaired) electrons. The van der Waals surface area contributed by atoms with Gasteiger partial charge in [0.15, 0.2) is 0 Å². The number of carbonyl (C=O) groups is 1. The molecule has 0 aromatic heterocycles. The van der Waals surface area contributed by atoms with Crippen molar-refractivity contribution in [1.82, 2.24) is 4.90 Å². The summed E-state index contributed by atoms with van der Waals surface area (Å²) in [5.41, 5.74) is -0.649. The predicted molar refractivity (Wildman–Crippen MR) is 76.7 cm³/mol. The highest BCUT2D eigenvalue weighted by molar-refractivity contribution is 5.88. The third kappa shape index (κ3) is 4.14. The molecule has 6 heteroatoms. The number of likely N-dealkylation sites (tertiary alicyclic amines) is 1. The monoisotopic (exact) mass is 298 g/mol. The molecule has 0 aliphatic carbocycles. The fourth-order valence-electron chi connectivity index (χ4n) is 2.66. The maximum Gasteiger partial charge on any atom is 0.335 e. The molecule has 0 saturated carbocycles. The fraction of sp³-hybridized carbons (Fsp3) is 0.533. The van der Waals surface area contributed by atoms with Crippen LogP contribution in [0.1, 0.15) is 36.5 Å². The van der Waals surface area contributed by atoms with Crippen LogP contribution in [0.3, 0.4) is 0 Å². The van der Waals surface area contributed by atoms with Crippen LogP contribution < -0.4 is 5.32 Å². The van der Waals surface area contributed by atoms with Crippen molar-refractivity contribution in [3.05, 3.63) is 29.3 Å². The molecule has 0 spiro atoms. The van der Waals surface area contributed by atoms with Crippen molar-refractivity contribution in [3.63, 3.8) is 0 Å². The van der Waals surface area contributed by atoms with Crippen LogP contribution >= 0.6 is 0 Å². The molecule has 2 N–H and O–H groups in total. The van der Waals surface area contributed by atoms with E-state index >= 15 is 0 Å². The quantitative estimate of drug-likeness (QED) is 0.877. The number of nitrogens with zero attached hydrogens (tertiary/aromatic N) is 1. The minimum Gasteiger partial charge on any atom is -0.478 e. The van der Waals surface area contributed by atoms with E-state index in [4.69, 9.17) is 5.11 Å². The van der Waals surface area contributed by atoms with Gasteiger partial charge in [0.25, 0.3) is 0 Å². The SMILES string of the molecule is CC(CN1CCCCC1)Nc1c(F)cc(C(=O)O)cc1F. The molecule has 21 heavy (non-hydrogen) atoms. The zero-order valence-corrected chi connectivity index (χ0v) is 12.0. The predicted octanol–water partition coefficient (Wildman–Crippen LogP) is 2.95. The van der Waals surface area contributed by atoms with Crippen LogP contribution in [0.4, 0.5) is 14.5 Å². The first-order valence-electron chi connectivity index (χ1n) is 7.18. The van der Waals surface area contributed by atoms with Gasteiger partial charge in [-0.3, -0.25) is 0 Å². The number of carboxylic acids is 1. The second-order valence-corrected chi connectivity index (χ2v) is 5.53. The van der Waals surface area contributed by atoms with E-state index in [-0.39, 0.29) is 17.3 Å². The van der Waals surface area contributed by atoms with Gasteiger partial charge in [-0.05, 0) is 45.0 Å². The number of hydrogen-bond donors (Lipinski definition) is 2. The summed E-state index contributed by atoms with van der Waals surface area (Å²) in [5, 5.41) is 11.6. The van der Waals surface area contributed by atoms with Crippen molar-refractivity contribution in [3.8, 4) is 0 Å². The Morgan fingerprint density at radius 3 is 2.38 bits per heavy atom. The van der Waals surface area contributed by atoms with E-state index in [9.17, 15) is 13.6 Å². The molecule has 4 nitrogen and oxygen atoms in total. The fourth-order valence-corrected chi connectivity index (χ4v) is 2.66. The summed E-state index contributed by atoms with van der Waals surface area (Å²) in [4.78, 5) is 13.0. The number of hydrogen-bond acceptors (Lipinski definition) is 3. The molecule has 116 valence electrons. The van der Waals surface area contributed by atoms with Crippen molar-refractivity contribution < 1.29 is 18.7 Å². The van der Waals surface area contributed by atoms with Crippen LogP contribution in [0.15, 0.2) is 12.1 Å². The highest BCUT2D eigenvalue weighted by Crippen LogP contribution is 2.22. The minimum atomic E-state index is -1.35. The largest absolute Gasteiger partial charge is 0.478 e. The third-order valence-electron chi connectivity index (χ3n) is 3.66. The summed E-state index contributed by atoms with van der Waals surface area (Å²) < 4.78 is 27.7. The molecule has 1 atom stereocenters. The first kappa shape index (κ1) is 15.7. The molecule has 0 bridgehead atoms. The lowest BCUT2D eigenvalue weighted by molar-refractivity contribution is 0.0696. The van der Waals surface area contributed by atoms with Gasteiger partial charge in [0, 0.05) is 12.6 Å². The second kappa shape index (κ2) is 6.85. The molecule has 1 unspecified atom stereocenters. The first-order valence-corrected chi connectivity index (χ1v) is 7.18. The van der Waals surface area contributed by atoms with E-state index < -0.39 is 17.6 Å². The lowest BCUT2D eigenvalue weighted by Crippen LogP contribution is -2.38. The molecule has 2 rings (SSSR count). The molecular formula is C15H20F2N2O2. The zero-order chi connectivity index (χ0) is 15.4. The van der Waals surface area contributed by atoms with Crippen molar-refractivity contribution in [2.24, 2.45) is 0 Å². The normalized spacial score (nSPS) is 17.5. The third-order valence-corrected chi connectivity index (χ3v) is 3.66. The Labute approximate surface area is 122 Å². The van der Waals surface area contributed by atoms with Crippen molar-refractivity contribution in [1.29, 1.82) is 0 Å². The highest BCUT2D eigenvalue weighted by Gasteiger charge is 2.18. The highest BCUT2D eigenvalue weighted by atomic mass is 19.1. The molecule has 1 saturated heterocycles. The van der Waals surface area contributed by atoms with Gasteiger partial charge in [0.05, 0.1) is 5.56 Å². The second-order valence-electron chi connectivity index (χ2n) is 5.53. The molecule has 1 aromatic carbocycles. The van der Waals surface area contributed by atoms with Gasteiger partial charge in [-0.15, -0.1) is 0 Å². The average Bonchev–Trinajstić information content (AvgIpc) is 2.43. The van der Waals surface area contributed by atoms with E-state index in [0.29, 0.717) is 6.54 Å². The topological polar surface area (TPSA) is 52.6 Å². The molecule has 1 fully saturated rings. The van der Waals surface area contributed by atoms with E-state index in [1.807, 2.05) is 6.92 Å². The lowest BCUT2D eigenvalue weighted by atomic mass is 10.1. The lowest BCUT2D eigenvalue weighted by Gasteiger charge is -2.29. The van der Waals surface area contributed by atoms with E-state index in [1.165, 1.54) is 6.42 Å². The maximum absolute atomic E-state index is 13.8. The van der Waals surface area contributed by atoms with Crippen molar-refractivity contribution in [2.45, 2.75) is 32.2 Å². The summed E-state index contributed by atoms with van der Waals surface area (Å²) >= 11 is 0. The number of carboxylic acid groups (broad SMARTS) is 1. The number of nitrogens with one attached hydrogen (secondary N) is 1. The van der Waals surface area contributed by atoms with Gasteiger partial charge in [0.1, 0.15) is 17.3 Å². The number of anilines is 1. The maximum atomic E-state index is 13.8. The van der Waals surface area contributed by atoms with Gasteiger partial charge < -0.3 is 15.3 Å². The summed E-state index contributed by atoms with van der Waals surface area (Å²) in [7, 11) is 0. The molecule has 1 aliphatic rings. The standard InChI is InChI=1S/C15H20F2N2O2/c1-10(9-19-5-3-2-4-6-19)18-14-12(16)7-11(15(20)21)8-13(14)17/h7-8,10,18H,2-6,9H2,1H3,(H,20,21). The number of aromatic carboxylic acids is 1. The molecule has 0 amide bonds. The van der Waals surface area contributed by atoms with Gasteiger partial charge in [-0.2, -0.15) is 0 Å². The molecule has 1 heterocycles. The van der Waals surface area contributed by atoms with E-state index in [2.05, 4.69) is 10.2 Å². The minimum absolute atomic E-state index is 0.122. The van der Waals surface area contributed by atoms with Gasteiger partial charge in [-0.25, -0.2) is 13.6 Å². The number of halogens is 2. The number of benzene rings is 1. The summed E-state index contributed by atoms with van der Waals surface area (Å²) in [6, 6.07) is 1.55. The Morgan fingerprint density at radius 2 is 1.86 bits per heavy atom. The molecular weight excluding hydrogens is 278 g/mol. The Bertz CT molecular complexity index is 493. The van der Waals surface area contributed by atoms with Gasteiger partial charge in [-0.1, -0.05) is 6.42 Å². The Morgan fingerprint density at radius 1 is 1.29 bits per heavy atom. The van der Waals surface area contributed by atoms with Crippen LogP contribution in [0.5, 0.6) is 0 Å². The summed E-state index contributed by atoms with van der Waals surface area (Å²) in [6.45, 7) is 4.59. The first-order chi connectivity index (χ1) is 9.97. The van der Waals surface area contributed by atoms with Crippen LogP contribution in [0.2, 0.25) is 0 Å². The van der Waals surface area contributed by atoms with E-state index in [1.54, 1.807) is 0 Å². The number of piperidine rings is 1. The Hall–Kier alpha value is -1.69. The van der Waals surface area contributed by atoms with Crippen LogP contribution in [0, 0.1) is 11.6 Å². The van der Waals surface area contributed by atoms with E-state index in [0.717, 1.165) is 38.1 Å². The van der Waals surface area contributed by atoms with Crippen molar-refractivity contribution >= 4 is 11.7 Å². The summed E-state index contributed by atoms with van der Waals surface area (Å²) in [5.74, 6) is -3.10. The zero-order valence-electron chi connectivity index (χ0n) is 12.0. The van der Waals surface area contributed by atoms with Crippen molar-refractivity contribution in [2.75, 3.05) is 25.0 Å². The Balaban J connectivity index is 2.03. The molecule has 1 aliphatic heterocycles. The Kier molecular flexibility index (Phi) is 5.12. The summed E-state index contributed by atoms with van der Waals surface area (Å²) in [6.07, 6.45) is 3.55. The smallest absolute Gasteiger partial charge is 0.335 e. The van der Waals surface area contributed by atoms with Crippen LogP contribution in [0.25, 0.3) is 0 Å². The molecule has 1 aromatic rings. The van der Waals surface area contributed by atoms with Crippen LogP contribution in [-0.2, 0) is 0 Å². The number of rotatable bonds is 5. The van der Waals surface area contributed by atoms with Gasteiger partial charge >= 0.3 is 5.97 Å². The van der Waals surface area contributed by atoms with Gasteiger partial charge in [0.2, 0.25) is 0 Å². The average molecular weight is 298 g/mol. The van der Waals surface area contributed by atoms with Crippen LogP contribution in [-0.4, -0.2) is 41.7 Å².